The Hall–Kier alpha value is -2.85. The number of aliphatic imine (C=N–C) groups is 1. The molecule has 0 saturated carbocycles. The van der Waals surface area contributed by atoms with E-state index in [1.807, 2.05) is 30.3 Å². The van der Waals surface area contributed by atoms with Gasteiger partial charge in [0.25, 0.3) is 0 Å². The van der Waals surface area contributed by atoms with Crippen LogP contribution < -0.4 is 22.1 Å². The van der Waals surface area contributed by atoms with E-state index in [1.54, 1.807) is 0 Å². The lowest BCUT2D eigenvalue weighted by molar-refractivity contribution is -0.165. The number of rotatable bonds is 18. The molecule has 0 aromatic heterocycles. The Morgan fingerprint density at radius 2 is 1.65 bits per heavy atom. The molecule has 2 amide bonds. The highest BCUT2D eigenvalue weighted by atomic mass is 16.7. The Morgan fingerprint density at radius 3 is 2.24 bits per heavy atom. The summed E-state index contributed by atoms with van der Waals surface area (Å²) in [6, 6.07) is 8.89. The van der Waals surface area contributed by atoms with Gasteiger partial charge in [-0.15, -0.1) is 0 Å². The number of unbranched alkanes of at least 4 members (excludes halogenated alkanes) is 2. The molecule has 0 saturated heterocycles. The van der Waals surface area contributed by atoms with Gasteiger partial charge in [0.1, 0.15) is 13.2 Å². The fraction of sp³-hybridized carbons (Fsp3) is 0.625. The van der Waals surface area contributed by atoms with Gasteiger partial charge in [-0.2, -0.15) is 0 Å². The van der Waals surface area contributed by atoms with Gasteiger partial charge in [-0.05, 0) is 31.2 Å². The Kier molecular flexibility index (Phi) is 15.9. The molecule has 0 bridgehead atoms. The van der Waals surface area contributed by atoms with Crippen molar-refractivity contribution in [2.24, 2.45) is 16.5 Å². The second-order valence-corrected chi connectivity index (χ2v) is 7.86. The van der Waals surface area contributed by atoms with Gasteiger partial charge in [0.2, 0.25) is 5.91 Å². The zero-order valence-corrected chi connectivity index (χ0v) is 20.5. The molecule has 0 radical (unpaired) electrons. The average molecular weight is 480 g/mol. The summed E-state index contributed by atoms with van der Waals surface area (Å²) >= 11 is 0. The predicted octanol–water partition coefficient (Wildman–Crippen LogP) is 2.41. The summed E-state index contributed by atoms with van der Waals surface area (Å²) in [5.41, 5.74) is 11.7. The Balaban J connectivity index is 2.63. The highest BCUT2D eigenvalue weighted by molar-refractivity contribution is 5.82. The summed E-state index contributed by atoms with van der Waals surface area (Å²) < 4.78 is 17.0. The van der Waals surface area contributed by atoms with Gasteiger partial charge in [-0.1, -0.05) is 57.0 Å². The maximum absolute atomic E-state index is 12.6. The third kappa shape index (κ3) is 14.3. The van der Waals surface area contributed by atoms with E-state index in [9.17, 15) is 9.59 Å². The fourth-order valence-electron chi connectivity index (χ4n) is 2.95. The zero-order valence-electron chi connectivity index (χ0n) is 20.5. The predicted molar refractivity (Wildman–Crippen MR) is 132 cm³/mol. The quantitative estimate of drug-likeness (QED) is 0.109. The molecular formula is C24H41N5O5. The SMILES string of the molecule is CCCCOC(OCCCC)C(CCCN=C(N)N)NC(=O)CNC(=O)OCc1ccccc1. The largest absolute Gasteiger partial charge is 0.445 e. The van der Waals surface area contributed by atoms with Crippen molar-refractivity contribution in [3.05, 3.63) is 35.9 Å². The number of hydrogen-bond acceptors (Lipinski definition) is 6. The van der Waals surface area contributed by atoms with Crippen LogP contribution in [0, 0.1) is 0 Å². The highest BCUT2D eigenvalue weighted by Gasteiger charge is 2.25. The van der Waals surface area contributed by atoms with Crippen LogP contribution in [-0.4, -0.2) is 56.6 Å². The summed E-state index contributed by atoms with van der Waals surface area (Å²) in [4.78, 5) is 28.5. The summed E-state index contributed by atoms with van der Waals surface area (Å²) in [5.74, 6) is -0.347. The molecule has 1 aromatic rings. The smallest absolute Gasteiger partial charge is 0.407 e. The standard InChI is InChI=1S/C24H41N5O5/c1-3-5-15-32-22(33-16-6-4-2)20(13-10-14-27-23(25)26)29-21(30)17-28-24(31)34-18-19-11-8-7-9-12-19/h7-9,11-12,20,22H,3-6,10,13-18H2,1-2H3,(H,28,31)(H,29,30)(H4,25,26,27). The van der Waals surface area contributed by atoms with Crippen LogP contribution >= 0.6 is 0 Å². The minimum Gasteiger partial charge on any atom is -0.445 e. The first kappa shape index (κ1) is 29.2. The van der Waals surface area contributed by atoms with Gasteiger partial charge < -0.3 is 36.3 Å². The molecule has 0 aliphatic carbocycles. The molecule has 6 N–H and O–H groups in total. The van der Waals surface area contributed by atoms with Gasteiger partial charge in [0.05, 0.1) is 6.04 Å². The monoisotopic (exact) mass is 479 g/mol. The van der Waals surface area contributed by atoms with Crippen molar-refractivity contribution in [2.45, 2.75) is 71.3 Å². The fourth-order valence-corrected chi connectivity index (χ4v) is 2.95. The molecule has 0 aliphatic heterocycles. The highest BCUT2D eigenvalue weighted by Crippen LogP contribution is 2.11. The van der Waals surface area contributed by atoms with Crippen molar-refractivity contribution >= 4 is 18.0 Å². The van der Waals surface area contributed by atoms with Gasteiger partial charge in [0.15, 0.2) is 12.2 Å². The molecule has 192 valence electrons. The number of guanidine groups is 1. The molecule has 1 rings (SSSR count). The number of alkyl carbamates (subject to hydrolysis) is 1. The van der Waals surface area contributed by atoms with Crippen molar-refractivity contribution in [3.63, 3.8) is 0 Å². The summed E-state index contributed by atoms with van der Waals surface area (Å²) in [6.45, 7) is 5.53. The second-order valence-electron chi connectivity index (χ2n) is 7.86. The molecule has 10 nitrogen and oxygen atoms in total. The lowest BCUT2D eigenvalue weighted by atomic mass is 10.1. The van der Waals surface area contributed by atoms with E-state index in [0.29, 0.717) is 32.6 Å². The lowest BCUT2D eigenvalue weighted by Crippen LogP contribution is -2.49. The molecule has 1 atom stereocenters. The lowest BCUT2D eigenvalue weighted by Gasteiger charge is -2.28. The number of nitrogens with one attached hydrogen (secondary N) is 2. The van der Waals surface area contributed by atoms with Crippen LogP contribution in [0.15, 0.2) is 35.3 Å². The number of ether oxygens (including phenoxy) is 3. The van der Waals surface area contributed by atoms with Crippen LogP contribution in [0.4, 0.5) is 4.79 Å². The Bertz CT molecular complexity index is 703. The number of carbonyl (C=O) groups excluding carboxylic acids is 2. The van der Waals surface area contributed by atoms with E-state index in [0.717, 1.165) is 31.2 Å². The number of nitrogens with zero attached hydrogens (tertiary/aromatic N) is 1. The van der Waals surface area contributed by atoms with Crippen LogP contribution in [0.2, 0.25) is 0 Å². The minimum atomic E-state index is -0.668. The molecule has 0 heterocycles. The van der Waals surface area contributed by atoms with E-state index in [1.165, 1.54) is 0 Å². The van der Waals surface area contributed by atoms with Crippen LogP contribution in [0.25, 0.3) is 0 Å². The number of nitrogens with two attached hydrogens (primary N) is 2. The second kappa shape index (κ2) is 18.6. The minimum absolute atomic E-state index is 0.0220. The first-order chi connectivity index (χ1) is 16.5. The van der Waals surface area contributed by atoms with Crippen LogP contribution in [0.5, 0.6) is 0 Å². The van der Waals surface area contributed by atoms with Crippen molar-refractivity contribution in [1.82, 2.24) is 10.6 Å². The summed E-state index contributed by atoms with van der Waals surface area (Å²) in [7, 11) is 0. The Labute approximate surface area is 202 Å². The van der Waals surface area contributed by atoms with Gasteiger partial charge in [0, 0.05) is 19.8 Å². The Morgan fingerprint density at radius 1 is 1.00 bits per heavy atom. The number of hydrogen-bond donors (Lipinski definition) is 4. The van der Waals surface area contributed by atoms with Crippen molar-refractivity contribution < 1.29 is 23.8 Å². The van der Waals surface area contributed by atoms with Gasteiger partial charge in [-0.3, -0.25) is 9.79 Å². The van der Waals surface area contributed by atoms with E-state index < -0.39 is 18.4 Å². The van der Waals surface area contributed by atoms with E-state index in [-0.39, 0.29) is 25.0 Å². The maximum Gasteiger partial charge on any atom is 0.407 e. The molecular weight excluding hydrogens is 438 g/mol. The van der Waals surface area contributed by atoms with E-state index in [2.05, 4.69) is 29.5 Å². The van der Waals surface area contributed by atoms with Crippen molar-refractivity contribution in [2.75, 3.05) is 26.3 Å². The summed E-state index contributed by atoms with van der Waals surface area (Å²) in [5, 5.41) is 5.39. The molecule has 34 heavy (non-hydrogen) atoms. The maximum atomic E-state index is 12.6. The average Bonchev–Trinajstić information content (AvgIpc) is 2.83. The number of carbonyl (C=O) groups is 2. The topological polar surface area (TPSA) is 150 Å². The van der Waals surface area contributed by atoms with E-state index >= 15 is 0 Å². The zero-order chi connectivity index (χ0) is 25.0. The molecule has 0 aliphatic rings. The molecule has 1 aromatic carbocycles. The third-order valence-corrected chi connectivity index (χ3v) is 4.81. The molecule has 0 fully saturated rings. The van der Waals surface area contributed by atoms with Crippen LogP contribution in [0.3, 0.4) is 0 Å². The summed E-state index contributed by atoms with van der Waals surface area (Å²) in [6.07, 6.45) is 3.64. The molecule has 10 heteroatoms. The van der Waals surface area contributed by atoms with Gasteiger partial charge >= 0.3 is 6.09 Å². The van der Waals surface area contributed by atoms with Crippen LogP contribution in [-0.2, 0) is 25.6 Å². The van der Waals surface area contributed by atoms with Crippen LogP contribution in [0.1, 0.15) is 57.9 Å². The van der Waals surface area contributed by atoms with E-state index in [4.69, 9.17) is 25.7 Å². The van der Waals surface area contributed by atoms with Crippen molar-refractivity contribution in [1.29, 1.82) is 0 Å². The molecule has 1 unspecified atom stereocenters. The first-order valence-electron chi connectivity index (χ1n) is 12.0. The van der Waals surface area contributed by atoms with Crippen molar-refractivity contribution in [3.8, 4) is 0 Å². The number of benzene rings is 1. The number of amides is 2. The molecule has 0 spiro atoms. The first-order valence-corrected chi connectivity index (χ1v) is 12.0. The third-order valence-electron chi connectivity index (χ3n) is 4.81. The normalized spacial score (nSPS) is 11.6. The van der Waals surface area contributed by atoms with Gasteiger partial charge in [-0.25, -0.2) is 4.79 Å².